The minimum absolute atomic E-state index is 0.0916. The van der Waals surface area contributed by atoms with Crippen LogP contribution in [0.25, 0.3) is 0 Å². The molecule has 0 bridgehead atoms. The molecule has 1 aliphatic rings. The van der Waals surface area contributed by atoms with Crippen LogP contribution in [0.1, 0.15) is 29.3 Å². The zero-order chi connectivity index (χ0) is 19.4. The lowest BCUT2D eigenvalue weighted by atomic mass is 9.80. The van der Waals surface area contributed by atoms with Crippen LogP contribution in [0.3, 0.4) is 0 Å². The Morgan fingerprint density at radius 1 is 0.963 bits per heavy atom. The molecule has 0 unspecified atom stereocenters. The van der Waals surface area contributed by atoms with Gasteiger partial charge in [-0.05, 0) is 5.56 Å². The average molecular weight is 365 g/mol. The molecule has 138 valence electrons. The predicted octanol–water partition coefficient (Wildman–Crippen LogP) is 2.38. The SMILES string of the molecule is CC(=O)N1C(=O)[C@@H](CC(=O)OCc2ccccc2)[C@@H]1C(=O)c1ccccc1. The number of Topliss-reactive ketones (excluding diaryl/α,β-unsaturated/α-hetero) is 1. The molecular weight excluding hydrogens is 346 g/mol. The number of rotatable bonds is 6. The van der Waals surface area contributed by atoms with Gasteiger partial charge in [0.25, 0.3) is 0 Å². The highest BCUT2D eigenvalue weighted by molar-refractivity contribution is 6.14. The lowest BCUT2D eigenvalue weighted by Gasteiger charge is -2.43. The molecule has 2 atom stereocenters. The van der Waals surface area contributed by atoms with Gasteiger partial charge in [0, 0.05) is 12.5 Å². The number of imide groups is 1. The molecule has 1 aliphatic heterocycles. The fourth-order valence-electron chi connectivity index (χ4n) is 3.15. The van der Waals surface area contributed by atoms with Crippen LogP contribution in [-0.2, 0) is 25.7 Å². The maximum atomic E-state index is 12.8. The van der Waals surface area contributed by atoms with E-state index in [-0.39, 0.29) is 18.8 Å². The molecule has 0 aromatic heterocycles. The van der Waals surface area contributed by atoms with Crippen LogP contribution in [0.2, 0.25) is 0 Å². The maximum Gasteiger partial charge on any atom is 0.307 e. The number of esters is 1. The molecule has 6 heteroatoms. The van der Waals surface area contributed by atoms with E-state index in [0.29, 0.717) is 5.56 Å². The second-order valence-corrected chi connectivity index (χ2v) is 6.36. The molecule has 2 aromatic rings. The highest BCUT2D eigenvalue weighted by Crippen LogP contribution is 2.32. The van der Waals surface area contributed by atoms with Gasteiger partial charge < -0.3 is 4.74 Å². The number of nitrogens with zero attached hydrogens (tertiary/aromatic N) is 1. The summed E-state index contributed by atoms with van der Waals surface area (Å²) in [7, 11) is 0. The molecule has 27 heavy (non-hydrogen) atoms. The van der Waals surface area contributed by atoms with Crippen molar-refractivity contribution >= 4 is 23.6 Å². The Labute approximate surface area is 156 Å². The Hall–Kier alpha value is -3.28. The zero-order valence-corrected chi connectivity index (χ0v) is 14.8. The number of carbonyl (C=O) groups excluding carboxylic acids is 4. The third-order valence-corrected chi connectivity index (χ3v) is 4.51. The minimum atomic E-state index is -0.971. The summed E-state index contributed by atoms with van der Waals surface area (Å²) in [6, 6.07) is 16.6. The van der Waals surface area contributed by atoms with Gasteiger partial charge in [0.2, 0.25) is 11.8 Å². The van der Waals surface area contributed by atoms with Crippen molar-refractivity contribution in [2.45, 2.75) is 26.0 Å². The first kappa shape index (κ1) is 18.5. The van der Waals surface area contributed by atoms with Crippen LogP contribution < -0.4 is 0 Å². The Bertz CT molecular complexity index is 863. The van der Waals surface area contributed by atoms with E-state index in [9.17, 15) is 19.2 Å². The largest absolute Gasteiger partial charge is 0.461 e. The Morgan fingerprint density at radius 2 is 1.56 bits per heavy atom. The Kier molecular flexibility index (Phi) is 5.45. The number of hydrogen-bond acceptors (Lipinski definition) is 5. The van der Waals surface area contributed by atoms with E-state index in [4.69, 9.17) is 4.74 Å². The topological polar surface area (TPSA) is 80.8 Å². The minimum Gasteiger partial charge on any atom is -0.461 e. The third-order valence-electron chi connectivity index (χ3n) is 4.51. The van der Waals surface area contributed by atoms with Crippen molar-refractivity contribution in [1.82, 2.24) is 4.90 Å². The number of carbonyl (C=O) groups is 4. The van der Waals surface area contributed by atoms with Crippen molar-refractivity contribution in [3.8, 4) is 0 Å². The number of likely N-dealkylation sites (tertiary alicyclic amines) is 1. The summed E-state index contributed by atoms with van der Waals surface area (Å²) >= 11 is 0. The molecule has 1 fully saturated rings. The van der Waals surface area contributed by atoms with Gasteiger partial charge in [0.15, 0.2) is 5.78 Å². The molecule has 0 N–H and O–H groups in total. The summed E-state index contributed by atoms with van der Waals surface area (Å²) in [5.41, 5.74) is 1.22. The first-order valence-electron chi connectivity index (χ1n) is 8.61. The second-order valence-electron chi connectivity index (χ2n) is 6.36. The first-order chi connectivity index (χ1) is 13.0. The summed E-state index contributed by atoms with van der Waals surface area (Å²) in [4.78, 5) is 49.9. The number of hydrogen-bond donors (Lipinski definition) is 0. The molecule has 0 saturated carbocycles. The van der Waals surface area contributed by atoms with Crippen molar-refractivity contribution in [3.63, 3.8) is 0 Å². The highest BCUT2D eigenvalue weighted by Gasteiger charge is 2.54. The summed E-state index contributed by atoms with van der Waals surface area (Å²) in [5, 5.41) is 0. The van der Waals surface area contributed by atoms with Gasteiger partial charge in [-0.15, -0.1) is 0 Å². The quantitative estimate of drug-likeness (QED) is 0.446. The normalized spacial score (nSPS) is 18.6. The predicted molar refractivity (Wildman–Crippen MR) is 96.4 cm³/mol. The molecule has 2 amide bonds. The van der Waals surface area contributed by atoms with Gasteiger partial charge in [-0.2, -0.15) is 0 Å². The van der Waals surface area contributed by atoms with Crippen molar-refractivity contribution in [3.05, 3.63) is 71.8 Å². The highest BCUT2D eigenvalue weighted by atomic mass is 16.5. The second kappa shape index (κ2) is 7.95. The van der Waals surface area contributed by atoms with Crippen LogP contribution in [0.5, 0.6) is 0 Å². The van der Waals surface area contributed by atoms with Gasteiger partial charge in [-0.25, -0.2) is 0 Å². The van der Waals surface area contributed by atoms with Crippen LogP contribution >= 0.6 is 0 Å². The number of ketones is 1. The van der Waals surface area contributed by atoms with Crippen LogP contribution in [0, 0.1) is 5.92 Å². The summed E-state index contributed by atoms with van der Waals surface area (Å²) < 4.78 is 5.21. The smallest absolute Gasteiger partial charge is 0.307 e. The third kappa shape index (κ3) is 3.95. The van der Waals surface area contributed by atoms with Gasteiger partial charge in [-0.1, -0.05) is 60.7 Å². The fourth-order valence-corrected chi connectivity index (χ4v) is 3.15. The molecule has 3 rings (SSSR count). The number of amides is 2. The van der Waals surface area contributed by atoms with E-state index < -0.39 is 29.7 Å². The molecule has 1 saturated heterocycles. The van der Waals surface area contributed by atoms with E-state index >= 15 is 0 Å². The molecule has 0 spiro atoms. The van der Waals surface area contributed by atoms with Gasteiger partial charge in [0.1, 0.15) is 12.6 Å². The Balaban J connectivity index is 1.69. The van der Waals surface area contributed by atoms with Gasteiger partial charge in [-0.3, -0.25) is 24.1 Å². The average Bonchev–Trinajstić information content (AvgIpc) is 2.69. The van der Waals surface area contributed by atoms with E-state index in [1.165, 1.54) is 6.92 Å². The van der Waals surface area contributed by atoms with Crippen LogP contribution in [0.15, 0.2) is 60.7 Å². The van der Waals surface area contributed by atoms with Crippen molar-refractivity contribution in [2.75, 3.05) is 0 Å². The lowest BCUT2D eigenvalue weighted by molar-refractivity contribution is -0.167. The van der Waals surface area contributed by atoms with Gasteiger partial charge >= 0.3 is 5.97 Å². The van der Waals surface area contributed by atoms with Crippen molar-refractivity contribution in [1.29, 1.82) is 0 Å². The molecular formula is C21H19NO5. The first-order valence-corrected chi connectivity index (χ1v) is 8.61. The number of benzene rings is 2. The molecule has 0 radical (unpaired) electrons. The van der Waals surface area contributed by atoms with Crippen molar-refractivity contribution in [2.24, 2.45) is 5.92 Å². The van der Waals surface area contributed by atoms with E-state index in [1.54, 1.807) is 30.3 Å². The summed E-state index contributed by atoms with van der Waals surface area (Å²) in [6.45, 7) is 1.32. The standard InChI is InChI=1S/C21H19NO5/c1-14(23)22-19(20(25)16-10-6-3-7-11-16)17(21(22)26)12-18(24)27-13-15-8-4-2-5-9-15/h2-11,17,19H,12-13H2,1H3/t17-,19+/m0/s1. The number of β-lactam (4-membered cyclic amide) rings is 1. The monoisotopic (exact) mass is 365 g/mol. The van der Waals surface area contributed by atoms with E-state index in [0.717, 1.165) is 10.5 Å². The molecule has 2 aromatic carbocycles. The fraction of sp³-hybridized carbons (Fsp3) is 0.238. The Morgan fingerprint density at radius 3 is 2.15 bits per heavy atom. The van der Waals surface area contributed by atoms with Crippen LogP contribution in [0.4, 0.5) is 0 Å². The lowest BCUT2D eigenvalue weighted by Crippen LogP contribution is -2.66. The summed E-state index contributed by atoms with van der Waals surface area (Å²) in [6.07, 6.45) is -0.237. The number of ether oxygens (including phenoxy) is 1. The molecule has 0 aliphatic carbocycles. The molecule has 6 nitrogen and oxygen atoms in total. The maximum absolute atomic E-state index is 12.8. The van der Waals surface area contributed by atoms with Crippen LogP contribution in [-0.4, -0.2) is 34.5 Å². The van der Waals surface area contributed by atoms with Gasteiger partial charge in [0.05, 0.1) is 12.3 Å². The summed E-state index contributed by atoms with van der Waals surface area (Å²) in [5.74, 6) is -2.85. The van der Waals surface area contributed by atoms with E-state index in [2.05, 4.69) is 0 Å². The zero-order valence-electron chi connectivity index (χ0n) is 14.8. The molecule has 1 heterocycles. The van der Waals surface area contributed by atoms with Crippen molar-refractivity contribution < 1.29 is 23.9 Å². The van der Waals surface area contributed by atoms with E-state index in [1.807, 2.05) is 30.3 Å².